The lowest BCUT2D eigenvalue weighted by Crippen LogP contribution is -2.41. The zero-order chi connectivity index (χ0) is 23.4. The Kier molecular flexibility index (Phi) is 5.65. The van der Waals surface area contributed by atoms with Gasteiger partial charge in [0.05, 0.1) is 16.9 Å². The molecule has 34 heavy (non-hydrogen) atoms. The van der Waals surface area contributed by atoms with Gasteiger partial charge in [-0.3, -0.25) is 9.59 Å². The highest BCUT2D eigenvalue weighted by Gasteiger charge is 2.65. The molecule has 4 aliphatic carbocycles. The van der Waals surface area contributed by atoms with Crippen LogP contribution in [0, 0.1) is 24.2 Å². The first-order valence-corrected chi connectivity index (χ1v) is 14.2. The van der Waals surface area contributed by atoms with E-state index in [9.17, 15) is 9.59 Å². The molecule has 3 fully saturated rings. The van der Waals surface area contributed by atoms with Gasteiger partial charge in [-0.05, 0) is 98.9 Å². The Morgan fingerprint density at radius 2 is 2.06 bits per heavy atom. The fraction of sp³-hybridized carbons (Fsp3) is 0.583. The zero-order valence-electron chi connectivity index (χ0n) is 19.2. The highest BCUT2D eigenvalue weighted by Crippen LogP contribution is 2.70. The van der Waals surface area contributed by atoms with E-state index in [1.54, 1.807) is 11.3 Å². The summed E-state index contributed by atoms with van der Waals surface area (Å²) in [6, 6.07) is 0.130. The highest BCUT2D eigenvalue weighted by atomic mass is 32.1. The Balaban J connectivity index is 1.18. The molecule has 180 valence electrons. The number of amides is 2. The highest BCUT2D eigenvalue weighted by molar-refractivity contribution is 7.80. The average molecular weight is 516 g/mol. The maximum Gasteiger partial charge on any atom is 0.254 e. The van der Waals surface area contributed by atoms with E-state index in [4.69, 9.17) is 12.2 Å². The quantitative estimate of drug-likeness (QED) is 0.412. The molecule has 0 aliphatic heterocycles. The predicted molar refractivity (Wildman–Crippen MR) is 140 cm³/mol. The van der Waals surface area contributed by atoms with Gasteiger partial charge in [0, 0.05) is 28.8 Å². The van der Waals surface area contributed by atoms with Crippen LogP contribution in [0.2, 0.25) is 0 Å². The number of aromatic nitrogens is 1. The second-order valence-electron chi connectivity index (χ2n) is 10.3. The van der Waals surface area contributed by atoms with Crippen LogP contribution in [0.5, 0.6) is 0 Å². The Morgan fingerprint density at radius 1 is 1.24 bits per heavy atom. The van der Waals surface area contributed by atoms with Crippen molar-refractivity contribution in [1.82, 2.24) is 15.0 Å². The van der Waals surface area contributed by atoms with Crippen LogP contribution in [0.15, 0.2) is 5.38 Å². The molecule has 6 rings (SSSR count). The topological polar surface area (TPSA) is 95.2 Å². The Hall–Kier alpha value is -2.04. The first kappa shape index (κ1) is 22.4. The number of carbonyl (C=O) groups excluding carboxylic acids is 2. The normalized spacial score (nSPS) is 23.7. The minimum atomic E-state index is -0.0574. The number of anilines is 2. The molecular formula is C24H29N5O2S3. The van der Waals surface area contributed by atoms with Crippen molar-refractivity contribution in [1.29, 1.82) is 0 Å². The fourth-order valence-electron chi connectivity index (χ4n) is 5.07. The van der Waals surface area contributed by atoms with E-state index < -0.39 is 0 Å². The number of aryl methyl sites for hydroxylation is 2. The van der Waals surface area contributed by atoms with E-state index in [1.165, 1.54) is 42.1 Å². The lowest BCUT2D eigenvalue weighted by atomic mass is 9.91. The van der Waals surface area contributed by atoms with Gasteiger partial charge < -0.3 is 21.3 Å². The van der Waals surface area contributed by atoms with Gasteiger partial charge >= 0.3 is 0 Å². The molecule has 2 heterocycles. The van der Waals surface area contributed by atoms with Crippen molar-refractivity contribution in [2.75, 3.05) is 17.2 Å². The number of nitrogens with zero attached hydrogens (tertiary/aromatic N) is 1. The van der Waals surface area contributed by atoms with Crippen LogP contribution >= 0.6 is 35.1 Å². The number of thiocarbonyl (C=S) groups is 1. The number of thiophene rings is 1. The molecule has 2 atom stereocenters. The van der Waals surface area contributed by atoms with Crippen LogP contribution in [0.4, 0.5) is 10.7 Å². The Bertz CT molecular complexity index is 1160. The number of carbonyl (C=O) groups is 2. The largest absolute Gasteiger partial charge is 0.359 e. The average Bonchev–Trinajstić information content (AvgIpc) is 3.75. The van der Waals surface area contributed by atoms with Crippen molar-refractivity contribution in [3.8, 4) is 0 Å². The molecule has 3 saturated carbocycles. The Labute approximate surface area is 212 Å². The standard InChI is InChI=1S/C24H29N5O2S3/c1-12-17(11-33-29-12)27-23(32)26-14-4-5-18-15(8-14)19(21(31)25-10-13-2-3-13)22(34-18)28-20(30)16-9-24(16)6-7-24/h11,13-14,16H,2-10H2,1H3,(H,25,31)(H,28,30)(H2,26,27,32)/t14-,16?/m0/s1. The Morgan fingerprint density at radius 3 is 2.74 bits per heavy atom. The van der Waals surface area contributed by atoms with Gasteiger partial charge in [-0.2, -0.15) is 4.37 Å². The van der Waals surface area contributed by atoms with Crippen LogP contribution in [0.25, 0.3) is 0 Å². The van der Waals surface area contributed by atoms with E-state index in [2.05, 4.69) is 25.6 Å². The van der Waals surface area contributed by atoms with Crippen molar-refractivity contribution in [2.24, 2.45) is 17.3 Å². The number of nitrogens with one attached hydrogen (secondary N) is 4. The van der Waals surface area contributed by atoms with Gasteiger partial charge in [-0.25, -0.2) is 0 Å². The van der Waals surface area contributed by atoms with E-state index in [0.29, 0.717) is 35.0 Å². The fourth-order valence-corrected chi connectivity index (χ4v) is 7.23. The van der Waals surface area contributed by atoms with E-state index >= 15 is 0 Å². The molecule has 0 radical (unpaired) electrons. The van der Waals surface area contributed by atoms with Gasteiger partial charge in [-0.1, -0.05) is 0 Å². The third-order valence-electron chi connectivity index (χ3n) is 7.70. The smallest absolute Gasteiger partial charge is 0.254 e. The number of hydrogen-bond acceptors (Lipinski definition) is 6. The molecule has 2 aromatic rings. The van der Waals surface area contributed by atoms with Crippen LogP contribution in [0.3, 0.4) is 0 Å². The van der Waals surface area contributed by atoms with Crippen molar-refractivity contribution in [3.63, 3.8) is 0 Å². The summed E-state index contributed by atoms with van der Waals surface area (Å²) in [6.45, 7) is 2.67. The summed E-state index contributed by atoms with van der Waals surface area (Å²) in [4.78, 5) is 27.4. The molecule has 4 N–H and O–H groups in total. The molecule has 1 spiro atoms. The molecule has 10 heteroatoms. The molecular weight excluding hydrogens is 486 g/mol. The van der Waals surface area contributed by atoms with Gasteiger partial charge in [0.15, 0.2) is 5.11 Å². The van der Waals surface area contributed by atoms with Gasteiger partial charge in [0.1, 0.15) is 5.00 Å². The number of fused-ring (bicyclic) bond motifs is 1. The third kappa shape index (κ3) is 4.47. The molecule has 2 amide bonds. The second kappa shape index (κ2) is 8.57. The van der Waals surface area contributed by atoms with Crippen LogP contribution < -0.4 is 21.3 Å². The van der Waals surface area contributed by atoms with Crippen LogP contribution in [0.1, 0.15) is 65.0 Å². The molecule has 0 bridgehead atoms. The molecule has 0 aromatic carbocycles. The van der Waals surface area contributed by atoms with E-state index in [-0.39, 0.29) is 23.8 Å². The van der Waals surface area contributed by atoms with E-state index in [0.717, 1.165) is 41.2 Å². The number of hydrogen-bond donors (Lipinski definition) is 4. The summed E-state index contributed by atoms with van der Waals surface area (Å²) in [5.74, 6) is 0.762. The summed E-state index contributed by atoms with van der Waals surface area (Å²) in [5.41, 5.74) is 3.88. The van der Waals surface area contributed by atoms with Crippen molar-refractivity contribution in [2.45, 2.75) is 64.3 Å². The molecule has 0 saturated heterocycles. The van der Waals surface area contributed by atoms with Crippen molar-refractivity contribution in [3.05, 3.63) is 27.1 Å². The number of rotatable bonds is 7. The predicted octanol–water partition coefficient (Wildman–Crippen LogP) is 4.24. The van der Waals surface area contributed by atoms with Gasteiger partial charge in [-0.15, -0.1) is 11.3 Å². The summed E-state index contributed by atoms with van der Waals surface area (Å²) in [6.07, 6.45) is 8.22. The molecule has 2 aromatic heterocycles. The maximum absolute atomic E-state index is 13.3. The van der Waals surface area contributed by atoms with Crippen molar-refractivity contribution >= 4 is 62.7 Å². The summed E-state index contributed by atoms with van der Waals surface area (Å²) >= 11 is 8.54. The van der Waals surface area contributed by atoms with Gasteiger partial charge in [0.25, 0.3) is 5.91 Å². The molecule has 7 nitrogen and oxygen atoms in total. The SMILES string of the molecule is Cc1nscc1NC(=S)N[C@H]1CCc2sc(NC(=O)C3CC34CC4)c(C(=O)NCC3CC3)c2C1. The lowest BCUT2D eigenvalue weighted by Gasteiger charge is -2.25. The van der Waals surface area contributed by atoms with Crippen LogP contribution in [-0.4, -0.2) is 33.9 Å². The first-order chi connectivity index (χ1) is 16.4. The van der Waals surface area contributed by atoms with E-state index in [1.807, 2.05) is 12.3 Å². The molecule has 4 aliphatic rings. The summed E-state index contributed by atoms with van der Waals surface area (Å²) in [5, 5.41) is 16.2. The molecule has 1 unspecified atom stereocenters. The monoisotopic (exact) mass is 515 g/mol. The van der Waals surface area contributed by atoms with Crippen LogP contribution in [-0.2, 0) is 17.6 Å². The summed E-state index contributed by atoms with van der Waals surface area (Å²) in [7, 11) is 0. The first-order valence-electron chi connectivity index (χ1n) is 12.1. The minimum absolute atomic E-state index is 0.0574. The van der Waals surface area contributed by atoms with Crippen molar-refractivity contribution < 1.29 is 9.59 Å². The van der Waals surface area contributed by atoms with Gasteiger partial charge in [0.2, 0.25) is 5.91 Å². The lowest BCUT2D eigenvalue weighted by molar-refractivity contribution is -0.117. The summed E-state index contributed by atoms with van der Waals surface area (Å²) < 4.78 is 4.28. The zero-order valence-corrected chi connectivity index (χ0v) is 21.6. The minimum Gasteiger partial charge on any atom is -0.359 e. The second-order valence-corrected chi connectivity index (χ2v) is 12.5. The third-order valence-corrected chi connectivity index (χ3v) is 9.85. The maximum atomic E-state index is 13.3.